The van der Waals surface area contributed by atoms with Crippen LogP contribution in [0.1, 0.15) is 22.3 Å². The van der Waals surface area contributed by atoms with Gasteiger partial charge in [-0.1, -0.05) is 12.1 Å². The molecule has 1 aromatic heterocycles. The fourth-order valence-corrected chi connectivity index (χ4v) is 2.10. The van der Waals surface area contributed by atoms with Gasteiger partial charge in [0.1, 0.15) is 0 Å². The molecule has 1 heterocycles. The number of carbonyl (C=O) groups excluding carboxylic acids is 1. The molecule has 0 aliphatic rings. The summed E-state index contributed by atoms with van der Waals surface area (Å²) < 4.78 is 1.63. The van der Waals surface area contributed by atoms with E-state index in [0.717, 1.165) is 12.8 Å². The van der Waals surface area contributed by atoms with Crippen molar-refractivity contribution in [3.05, 3.63) is 47.8 Å². The Bertz CT molecular complexity index is 587. The summed E-state index contributed by atoms with van der Waals surface area (Å²) in [5.74, 6) is -0.0638. The van der Waals surface area contributed by atoms with Gasteiger partial charge in [0.2, 0.25) is 0 Å². The quantitative estimate of drug-likeness (QED) is 0.825. The van der Waals surface area contributed by atoms with Crippen molar-refractivity contribution in [2.24, 2.45) is 7.05 Å². The summed E-state index contributed by atoms with van der Waals surface area (Å²) in [6.07, 6.45) is 5.18. The van der Waals surface area contributed by atoms with Gasteiger partial charge in [-0.25, -0.2) is 0 Å². The van der Waals surface area contributed by atoms with Crippen molar-refractivity contribution in [2.75, 3.05) is 25.5 Å². The van der Waals surface area contributed by atoms with Gasteiger partial charge in [-0.2, -0.15) is 5.10 Å². The minimum Gasteiger partial charge on any atom is -0.378 e. The Balaban J connectivity index is 1.73. The fraction of sp³-hybridized carbons (Fsp3) is 0.375. The molecule has 0 aliphatic heterocycles. The Kier molecular flexibility index (Phi) is 4.98. The van der Waals surface area contributed by atoms with E-state index in [-0.39, 0.29) is 5.91 Å². The molecule has 112 valence electrons. The van der Waals surface area contributed by atoms with E-state index in [1.165, 1.54) is 11.3 Å². The number of amides is 1. The van der Waals surface area contributed by atoms with Crippen LogP contribution in [0.4, 0.5) is 5.69 Å². The van der Waals surface area contributed by atoms with Gasteiger partial charge >= 0.3 is 0 Å². The highest BCUT2D eigenvalue weighted by Crippen LogP contribution is 2.13. The van der Waals surface area contributed by atoms with Crippen molar-refractivity contribution in [3.63, 3.8) is 0 Å². The summed E-state index contributed by atoms with van der Waals surface area (Å²) in [7, 11) is 5.86. The van der Waals surface area contributed by atoms with Gasteiger partial charge in [-0.3, -0.25) is 9.48 Å². The van der Waals surface area contributed by atoms with Crippen molar-refractivity contribution >= 4 is 11.6 Å². The zero-order valence-electron chi connectivity index (χ0n) is 12.8. The third kappa shape index (κ3) is 4.34. The normalized spacial score (nSPS) is 10.4. The molecule has 0 radical (unpaired) electrons. The molecule has 0 spiro atoms. The Morgan fingerprint density at radius 1 is 1.29 bits per heavy atom. The van der Waals surface area contributed by atoms with Crippen molar-refractivity contribution in [2.45, 2.75) is 12.8 Å². The van der Waals surface area contributed by atoms with Gasteiger partial charge in [0, 0.05) is 39.6 Å². The largest absolute Gasteiger partial charge is 0.378 e. The maximum atomic E-state index is 11.8. The third-order valence-corrected chi connectivity index (χ3v) is 3.35. The molecule has 2 rings (SSSR count). The molecule has 5 nitrogen and oxygen atoms in total. The molecular formula is C16H22N4O. The van der Waals surface area contributed by atoms with E-state index in [2.05, 4.69) is 39.6 Å². The van der Waals surface area contributed by atoms with Crippen LogP contribution < -0.4 is 10.2 Å². The van der Waals surface area contributed by atoms with E-state index in [1.807, 2.05) is 14.1 Å². The Hall–Kier alpha value is -2.30. The summed E-state index contributed by atoms with van der Waals surface area (Å²) in [6, 6.07) is 8.50. The summed E-state index contributed by atoms with van der Waals surface area (Å²) in [5, 5.41) is 6.90. The van der Waals surface area contributed by atoms with Crippen LogP contribution in [0.25, 0.3) is 0 Å². The predicted octanol–water partition coefficient (Wildman–Crippen LogP) is 1.85. The first-order chi connectivity index (χ1) is 10.1. The average Bonchev–Trinajstić information content (AvgIpc) is 2.90. The van der Waals surface area contributed by atoms with Gasteiger partial charge in [-0.05, 0) is 30.5 Å². The van der Waals surface area contributed by atoms with Crippen LogP contribution in [0, 0.1) is 0 Å². The summed E-state index contributed by atoms with van der Waals surface area (Å²) in [5.41, 5.74) is 3.09. The summed E-state index contributed by atoms with van der Waals surface area (Å²) >= 11 is 0. The summed E-state index contributed by atoms with van der Waals surface area (Å²) in [4.78, 5) is 13.9. The first-order valence-corrected chi connectivity index (χ1v) is 7.09. The van der Waals surface area contributed by atoms with Crippen LogP contribution in [0.5, 0.6) is 0 Å². The predicted molar refractivity (Wildman–Crippen MR) is 84.6 cm³/mol. The second-order valence-corrected chi connectivity index (χ2v) is 5.32. The molecule has 21 heavy (non-hydrogen) atoms. The average molecular weight is 286 g/mol. The Morgan fingerprint density at radius 3 is 2.57 bits per heavy atom. The van der Waals surface area contributed by atoms with Gasteiger partial charge in [0.25, 0.3) is 5.91 Å². The number of aromatic nitrogens is 2. The topological polar surface area (TPSA) is 50.2 Å². The second kappa shape index (κ2) is 6.92. The van der Waals surface area contributed by atoms with Crippen LogP contribution in [0.15, 0.2) is 36.7 Å². The molecule has 0 saturated carbocycles. The monoisotopic (exact) mass is 286 g/mol. The van der Waals surface area contributed by atoms with Crippen molar-refractivity contribution in [1.29, 1.82) is 0 Å². The number of hydrogen-bond donors (Lipinski definition) is 1. The van der Waals surface area contributed by atoms with Gasteiger partial charge in [0.05, 0.1) is 11.8 Å². The molecule has 0 bridgehead atoms. The van der Waals surface area contributed by atoms with Crippen molar-refractivity contribution < 1.29 is 4.79 Å². The maximum absolute atomic E-state index is 11.8. The number of nitrogens with one attached hydrogen (secondary N) is 1. The van der Waals surface area contributed by atoms with Crippen LogP contribution in [0.2, 0.25) is 0 Å². The molecule has 0 saturated heterocycles. The van der Waals surface area contributed by atoms with Crippen LogP contribution in [-0.4, -0.2) is 36.3 Å². The minimum absolute atomic E-state index is 0.0638. The first kappa shape index (κ1) is 15.1. The lowest BCUT2D eigenvalue weighted by atomic mass is 10.1. The molecule has 0 fully saturated rings. The lowest BCUT2D eigenvalue weighted by Gasteiger charge is -2.12. The van der Waals surface area contributed by atoms with E-state index in [0.29, 0.717) is 12.1 Å². The Morgan fingerprint density at radius 2 is 2.00 bits per heavy atom. The standard InChI is InChI=1S/C16H22N4O/c1-19(2)15-8-6-13(7-9-15)5-4-10-17-16(21)14-11-18-20(3)12-14/h6-9,11-12H,4-5,10H2,1-3H3,(H,17,21). The van der Waals surface area contributed by atoms with Gasteiger partial charge < -0.3 is 10.2 Å². The molecule has 0 unspecified atom stereocenters. The van der Waals surface area contributed by atoms with Gasteiger partial charge in [-0.15, -0.1) is 0 Å². The third-order valence-electron chi connectivity index (χ3n) is 3.35. The zero-order chi connectivity index (χ0) is 15.2. The SMILES string of the molecule is CN(C)c1ccc(CCCNC(=O)c2cnn(C)c2)cc1. The molecule has 5 heteroatoms. The van der Waals surface area contributed by atoms with E-state index >= 15 is 0 Å². The Labute approximate surface area is 125 Å². The highest BCUT2D eigenvalue weighted by molar-refractivity contribution is 5.93. The smallest absolute Gasteiger partial charge is 0.254 e. The van der Waals surface area contributed by atoms with Crippen LogP contribution in [0.3, 0.4) is 0 Å². The number of rotatable bonds is 6. The molecule has 2 aromatic rings. The lowest BCUT2D eigenvalue weighted by molar-refractivity contribution is 0.0953. The number of aryl methyl sites for hydroxylation is 2. The molecule has 1 aromatic carbocycles. The first-order valence-electron chi connectivity index (χ1n) is 7.09. The number of carbonyl (C=O) groups is 1. The number of benzene rings is 1. The molecule has 0 atom stereocenters. The molecule has 1 N–H and O–H groups in total. The number of anilines is 1. The fourth-order valence-electron chi connectivity index (χ4n) is 2.10. The molecule has 0 aliphatic carbocycles. The number of nitrogens with zero attached hydrogens (tertiary/aromatic N) is 3. The maximum Gasteiger partial charge on any atom is 0.254 e. The summed E-state index contributed by atoms with van der Waals surface area (Å²) in [6.45, 7) is 0.670. The lowest BCUT2D eigenvalue weighted by Crippen LogP contribution is -2.24. The van der Waals surface area contributed by atoms with E-state index in [4.69, 9.17) is 0 Å². The van der Waals surface area contributed by atoms with Crippen molar-refractivity contribution in [3.8, 4) is 0 Å². The minimum atomic E-state index is -0.0638. The van der Waals surface area contributed by atoms with Crippen LogP contribution in [-0.2, 0) is 13.5 Å². The second-order valence-electron chi connectivity index (χ2n) is 5.32. The zero-order valence-corrected chi connectivity index (χ0v) is 12.8. The van der Waals surface area contributed by atoms with E-state index in [9.17, 15) is 4.79 Å². The van der Waals surface area contributed by atoms with E-state index in [1.54, 1.807) is 24.1 Å². The highest BCUT2D eigenvalue weighted by atomic mass is 16.1. The van der Waals surface area contributed by atoms with Crippen molar-refractivity contribution in [1.82, 2.24) is 15.1 Å². The molecular weight excluding hydrogens is 264 g/mol. The van der Waals surface area contributed by atoms with E-state index < -0.39 is 0 Å². The van der Waals surface area contributed by atoms with Crippen LogP contribution >= 0.6 is 0 Å². The molecule has 1 amide bonds. The number of hydrogen-bond acceptors (Lipinski definition) is 3. The van der Waals surface area contributed by atoms with Gasteiger partial charge in [0.15, 0.2) is 0 Å². The highest BCUT2D eigenvalue weighted by Gasteiger charge is 2.06.